The van der Waals surface area contributed by atoms with E-state index in [2.05, 4.69) is 76.2 Å². The molecule has 2 aromatic carbocycles. The summed E-state index contributed by atoms with van der Waals surface area (Å²) in [6.07, 6.45) is 8.28. The van der Waals surface area contributed by atoms with Gasteiger partial charge in [-0.15, -0.1) is 0 Å². The summed E-state index contributed by atoms with van der Waals surface area (Å²) in [6, 6.07) is 18.4. The molecule has 0 atom stereocenters. The van der Waals surface area contributed by atoms with E-state index in [4.69, 9.17) is 0 Å². The molecule has 0 N–H and O–H groups in total. The van der Waals surface area contributed by atoms with E-state index < -0.39 is 18.4 Å². The molecule has 0 aliphatic heterocycles. The van der Waals surface area contributed by atoms with E-state index in [-0.39, 0.29) is 0 Å². The van der Waals surface area contributed by atoms with Crippen molar-refractivity contribution < 1.29 is 0 Å². The fourth-order valence-electron chi connectivity index (χ4n) is 4.09. The van der Waals surface area contributed by atoms with Crippen LogP contribution in [0.25, 0.3) is 0 Å². The summed E-state index contributed by atoms with van der Waals surface area (Å²) in [5, 5.41) is 0. The summed E-state index contributed by atoms with van der Waals surface area (Å²) < 4.78 is 6.43. The van der Waals surface area contributed by atoms with Gasteiger partial charge in [-0.25, -0.2) is 0 Å². The van der Waals surface area contributed by atoms with Crippen molar-refractivity contribution in [1.29, 1.82) is 0 Å². The molecule has 0 aromatic heterocycles. The number of aryl methyl sites for hydroxylation is 1. The second-order valence-corrected chi connectivity index (χ2v) is 22.2. The van der Waals surface area contributed by atoms with Gasteiger partial charge < -0.3 is 0 Å². The van der Waals surface area contributed by atoms with E-state index in [1.54, 1.807) is 4.90 Å². The molecule has 2 heteroatoms. The van der Waals surface area contributed by atoms with E-state index >= 15 is 0 Å². The van der Waals surface area contributed by atoms with E-state index in [1.165, 1.54) is 62.3 Å². The van der Waals surface area contributed by atoms with E-state index in [1.807, 2.05) is 15.3 Å². The van der Waals surface area contributed by atoms with Crippen molar-refractivity contribution in [1.82, 2.24) is 0 Å². The third-order valence-electron chi connectivity index (χ3n) is 5.71. The van der Waals surface area contributed by atoms with Crippen LogP contribution < -0.4 is 3.58 Å². The molecule has 0 nitrogen and oxygen atoms in total. The van der Waals surface area contributed by atoms with Crippen molar-refractivity contribution in [3.05, 3.63) is 54.1 Å². The third-order valence-corrected chi connectivity index (χ3v) is 23.0. The summed E-state index contributed by atoms with van der Waals surface area (Å²) >= 11 is -0.399. The Kier molecular flexibility index (Phi) is 10.3. The van der Waals surface area contributed by atoms with Gasteiger partial charge >= 0.3 is 177 Å². The van der Waals surface area contributed by atoms with Gasteiger partial charge in [0.1, 0.15) is 0 Å². The van der Waals surface area contributed by atoms with Crippen LogP contribution in [0.1, 0.15) is 64.9 Å². The fourth-order valence-corrected chi connectivity index (χ4v) is 23.2. The molecule has 0 amide bonds. The molecule has 2 aromatic rings. The molecule has 0 heterocycles. The molecule has 0 saturated heterocycles. The van der Waals surface area contributed by atoms with Crippen molar-refractivity contribution >= 4 is 33.7 Å². The first-order valence-corrected chi connectivity index (χ1v) is 19.3. The average molecular weight is 489 g/mol. The van der Waals surface area contributed by atoms with Crippen LogP contribution in [-0.4, -0.2) is 18.4 Å². The topological polar surface area (TPSA) is 0 Å². The maximum absolute atomic E-state index is 2.55. The number of benzene rings is 2. The van der Waals surface area contributed by atoms with Crippen LogP contribution in [0.5, 0.6) is 0 Å². The average Bonchev–Trinajstić information content (AvgIpc) is 2.69. The molecule has 0 saturated carbocycles. The predicted molar refractivity (Wildman–Crippen MR) is 126 cm³/mol. The van der Waals surface area contributed by atoms with Crippen molar-refractivity contribution in [3.8, 4) is 0 Å². The molecule has 2 rings (SSSR count). The van der Waals surface area contributed by atoms with E-state index in [0.29, 0.717) is 0 Å². The fraction of sp³-hybridized carbons (Fsp3) is 0.520. The molecule has 27 heavy (non-hydrogen) atoms. The molecule has 0 bridgehead atoms. The molecular weight excluding hydrogens is 451 g/mol. The second kappa shape index (κ2) is 12.2. The zero-order valence-electron chi connectivity index (χ0n) is 17.9. The molecule has 0 radical (unpaired) electrons. The zero-order valence-corrected chi connectivity index (χ0v) is 21.6. The Morgan fingerprint density at radius 2 is 1.30 bits per heavy atom. The first-order valence-electron chi connectivity index (χ1n) is 11.0. The predicted octanol–water partition coefficient (Wildman–Crippen LogP) is 8.20. The first kappa shape index (κ1) is 22.9. The Morgan fingerprint density at radius 1 is 0.741 bits per heavy atom. The summed E-state index contributed by atoms with van der Waals surface area (Å²) in [5.41, 5.74) is 1.40. The van der Waals surface area contributed by atoms with E-state index in [0.717, 1.165) is 0 Å². The van der Waals surface area contributed by atoms with Gasteiger partial charge in [0.05, 0.1) is 0 Å². The standard InChI is InChI=1S/C13H11S.3C4H9.Sn/c1-11-6-5-9-13(10-11)14-12-7-3-2-4-8-12;3*1-3-4-2;/h2-8,10H,1H3;3*1,3-4H2,2H3;. The van der Waals surface area contributed by atoms with Gasteiger partial charge in [0.25, 0.3) is 0 Å². The van der Waals surface area contributed by atoms with Crippen molar-refractivity contribution in [2.24, 2.45) is 0 Å². The Morgan fingerprint density at radius 3 is 1.81 bits per heavy atom. The van der Waals surface area contributed by atoms with Crippen LogP contribution in [0.15, 0.2) is 58.3 Å². The van der Waals surface area contributed by atoms with Crippen LogP contribution in [0.2, 0.25) is 13.3 Å². The van der Waals surface area contributed by atoms with Gasteiger partial charge in [-0.2, -0.15) is 0 Å². The normalized spacial score (nSPS) is 11.7. The van der Waals surface area contributed by atoms with Crippen molar-refractivity contribution in [2.75, 3.05) is 0 Å². The number of hydrogen-bond donors (Lipinski definition) is 0. The van der Waals surface area contributed by atoms with Crippen LogP contribution in [0.3, 0.4) is 0 Å². The molecule has 0 aliphatic rings. The second-order valence-electron chi connectivity index (χ2n) is 8.01. The maximum atomic E-state index is 2.55. The summed E-state index contributed by atoms with van der Waals surface area (Å²) in [7, 11) is 0. The Hall–Kier alpha value is -0.411. The molecule has 0 spiro atoms. The summed E-state index contributed by atoms with van der Waals surface area (Å²) in [6.45, 7) is 9.35. The Bertz CT molecular complexity index is 644. The molecule has 0 aliphatic carbocycles. The first-order chi connectivity index (χ1) is 13.1. The number of rotatable bonds is 12. The molecule has 0 unspecified atom stereocenters. The minimum absolute atomic E-state index is 1.34. The van der Waals surface area contributed by atoms with Crippen molar-refractivity contribution in [2.45, 2.75) is 89.3 Å². The Balaban J connectivity index is 2.47. The van der Waals surface area contributed by atoms with Crippen molar-refractivity contribution in [3.63, 3.8) is 0 Å². The van der Waals surface area contributed by atoms with Crippen LogP contribution >= 0.6 is 11.8 Å². The van der Waals surface area contributed by atoms with Crippen LogP contribution in [0, 0.1) is 6.92 Å². The van der Waals surface area contributed by atoms with Crippen LogP contribution in [0.4, 0.5) is 0 Å². The van der Waals surface area contributed by atoms with Gasteiger partial charge in [-0.3, -0.25) is 0 Å². The monoisotopic (exact) mass is 490 g/mol. The number of unbranched alkanes of at least 4 members (excludes halogenated alkanes) is 3. The van der Waals surface area contributed by atoms with E-state index in [9.17, 15) is 0 Å². The van der Waals surface area contributed by atoms with Gasteiger partial charge in [0.15, 0.2) is 0 Å². The van der Waals surface area contributed by atoms with Gasteiger partial charge in [-0.1, -0.05) is 0 Å². The summed E-state index contributed by atoms with van der Waals surface area (Å²) in [5.74, 6) is 0. The van der Waals surface area contributed by atoms with Gasteiger partial charge in [-0.05, 0) is 0 Å². The minimum atomic E-state index is -2.41. The number of hydrogen-bond acceptors (Lipinski definition) is 1. The van der Waals surface area contributed by atoms with Crippen LogP contribution in [-0.2, 0) is 0 Å². The summed E-state index contributed by atoms with van der Waals surface area (Å²) in [4.78, 5) is 2.95. The molecule has 148 valence electrons. The SMILES string of the molecule is CCC[CH2][Sn]([CH2]CCC)([CH2]CCC)[c]1ccc(C)cc1Sc1ccccc1. The Labute approximate surface area is 176 Å². The zero-order chi connectivity index (χ0) is 19.5. The van der Waals surface area contributed by atoms with Gasteiger partial charge in [0.2, 0.25) is 0 Å². The van der Waals surface area contributed by atoms with Gasteiger partial charge in [0, 0.05) is 0 Å². The molecular formula is C25H38SSn. The molecule has 0 fully saturated rings. The third kappa shape index (κ3) is 6.85. The quantitative estimate of drug-likeness (QED) is 0.271.